The van der Waals surface area contributed by atoms with Crippen LogP contribution in [-0.4, -0.2) is 43.7 Å². The lowest BCUT2D eigenvalue weighted by molar-refractivity contribution is 0.0594. The molecule has 0 unspecified atom stereocenters. The molecule has 0 atom stereocenters. The molecule has 1 N–H and O–H groups in total. The number of aromatic nitrogens is 1. The first-order valence-corrected chi connectivity index (χ1v) is 6.56. The Balaban J connectivity index is 2.09. The van der Waals surface area contributed by atoms with Gasteiger partial charge in [0.25, 0.3) is 0 Å². The van der Waals surface area contributed by atoms with Crippen LogP contribution >= 0.6 is 0 Å². The highest BCUT2D eigenvalue weighted by Gasteiger charge is 2.28. The average molecular weight is 263 g/mol. The van der Waals surface area contributed by atoms with Gasteiger partial charge in [-0.1, -0.05) is 0 Å². The third-order valence-electron chi connectivity index (χ3n) is 3.97. The predicted molar refractivity (Wildman–Crippen MR) is 74.5 cm³/mol. The van der Waals surface area contributed by atoms with Crippen LogP contribution in [0.4, 0.5) is 5.69 Å². The van der Waals surface area contributed by atoms with Crippen molar-refractivity contribution in [2.24, 2.45) is 0 Å². The van der Waals surface area contributed by atoms with Gasteiger partial charge in [0.1, 0.15) is 5.69 Å². The normalized spacial score (nSPS) is 18.2. The maximum atomic E-state index is 11.5. The second-order valence-electron chi connectivity index (χ2n) is 5.19. The van der Waals surface area contributed by atoms with Gasteiger partial charge < -0.3 is 15.0 Å². The topological polar surface area (TPSA) is 54.5 Å². The number of nitrogens with zero attached hydrogens (tertiary/aromatic N) is 2. The highest BCUT2D eigenvalue weighted by atomic mass is 16.5. The van der Waals surface area contributed by atoms with Gasteiger partial charge in [0, 0.05) is 30.5 Å². The minimum atomic E-state index is -0.390. The lowest BCUT2D eigenvalue weighted by Gasteiger charge is -2.40. The quantitative estimate of drug-likeness (QED) is 0.836. The summed E-state index contributed by atoms with van der Waals surface area (Å²) < 4.78 is 4.70. The molecule has 1 aliphatic rings. The molecule has 2 rings (SSSR count). The Morgan fingerprint density at radius 2 is 2.16 bits per heavy atom. The molecular weight excluding hydrogens is 242 g/mol. The molecule has 0 spiro atoms. The van der Waals surface area contributed by atoms with E-state index in [1.165, 1.54) is 7.11 Å². The van der Waals surface area contributed by atoms with E-state index in [0.29, 0.717) is 5.69 Å². The molecule has 0 bridgehead atoms. The molecule has 0 radical (unpaired) electrons. The summed E-state index contributed by atoms with van der Waals surface area (Å²) in [4.78, 5) is 17.8. The standard InChI is InChI=1S/C14H21N3O2/c1-14(15-2)5-8-17(9-6-14)11-4-7-16-12(10-11)13(18)19-3/h4,7,10,15H,5-6,8-9H2,1-3H3. The van der Waals surface area contributed by atoms with Crippen molar-refractivity contribution in [3.63, 3.8) is 0 Å². The third-order valence-corrected chi connectivity index (χ3v) is 3.97. The van der Waals surface area contributed by atoms with Crippen molar-refractivity contribution in [2.75, 3.05) is 32.1 Å². The first-order chi connectivity index (χ1) is 9.08. The number of esters is 1. The Kier molecular flexibility index (Phi) is 4.04. The van der Waals surface area contributed by atoms with E-state index in [4.69, 9.17) is 4.74 Å². The van der Waals surface area contributed by atoms with Gasteiger partial charge in [0.2, 0.25) is 0 Å². The molecule has 2 heterocycles. The minimum Gasteiger partial charge on any atom is -0.464 e. The van der Waals surface area contributed by atoms with Crippen molar-refractivity contribution >= 4 is 11.7 Å². The Bertz CT molecular complexity index is 454. The summed E-state index contributed by atoms with van der Waals surface area (Å²) >= 11 is 0. The SMILES string of the molecule is CNC1(C)CCN(c2ccnc(C(=O)OC)c2)CC1. The molecule has 1 aromatic rings. The molecule has 1 aliphatic heterocycles. The van der Waals surface area contributed by atoms with Crippen LogP contribution in [0.2, 0.25) is 0 Å². The van der Waals surface area contributed by atoms with Gasteiger partial charge >= 0.3 is 5.97 Å². The van der Waals surface area contributed by atoms with Crippen molar-refractivity contribution in [3.8, 4) is 0 Å². The van der Waals surface area contributed by atoms with Crippen LogP contribution < -0.4 is 10.2 Å². The molecule has 0 saturated carbocycles. The van der Waals surface area contributed by atoms with Gasteiger partial charge in [-0.05, 0) is 38.9 Å². The van der Waals surface area contributed by atoms with Crippen LogP contribution in [0.1, 0.15) is 30.3 Å². The van der Waals surface area contributed by atoms with Crippen LogP contribution in [-0.2, 0) is 4.74 Å². The number of carbonyl (C=O) groups excluding carboxylic acids is 1. The Labute approximate surface area is 114 Å². The fourth-order valence-electron chi connectivity index (χ4n) is 2.34. The van der Waals surface area contributed by atoms with Crippen LogP contribution in [0, 0.1) is 0 Å². The zero-order valence-corrected chi connectivity index (χ0v) is 11.8. The van der Waals surface area contributed by atoms with E-state index in [0.717, 1.165) is 31.6 Å². The van der Waals surface area contributed by atoms with Gasteiger partial charge in [-0.2, -0.15) is 0 Å². The van der Waals surface area contributed by atoms with Gasteiger partial charge in [-0.3, -0.25) is 0 Å². The molecule has 1 saturated heterocycles. The lowest BCUT2D eigenvalue weighted by atomic mass is 9.90. The van der Waals surface area contributed by atoms with Crippen LogP contribution in [0.3, 0.4) is 0 Å². The van der Waals surface area contributed by atoms with E-state index in [-0.39, 0.29) is 11.5 Å². The molecule has 19 heavy (non-hydrogen) atoms. The first kappa shape index (κ1) is 13.8. The second-order valence-corrected chi connectivity index (χ2v) is 5.19. The first-order valence-electron chi connectivity index (χ1n) is 6.56. The Hall–Kier alpha value is -1.62. The highest BCUT2D eigenvalue weighted by molar-refractivity contribution is 5.88. The summed E-state index contributed by atoms with van der Waals surface area (Å²) in [5, 5.41) is 3.38. The molecule has 0 aromatic carbocycles. The highest BCUT2D eigenvalue weighted by Crippen LogP contribution is 2.25. The summed E-state index contributed by atoms with van der Waals surface area (Å²) in [6.45, 7) is 4.20. The predicted octanol–water partition coefficient (Wildman–Crippen LogP) is 1.45. The number of anilines is 1. The van der Waals surface area contributed by atoms with E-state index in [2.05, 4.69) is 22.1 Å². The summed E-state index contributed by atoms with van der Waals surface area (Å²) in [5.41, 5.74) is 1.62. The van der Waals surface area contributed by atoms with Gasteiger partial charge in [0.15, 0.2) is 0 Å². The number of hydrogen-bond donors (Lipinski definition) is 1. The summed E-state index contributed by atoms with van der Waals surface area (Å²) in [6.07, 6.45) is 3.83. The number of hydrogen-bond acceptors (Lipinski definition) is 5. The number of ether oxygens (including phenoxy) is 1. The second kappa shape index (κ2) is 5.57. The van der Waals surface area contributed by atoms with E-state index < -0.39 is 0 Å². The van der Waals surface area contributed by atoms with Crippen LogP contribution in [0.5, 0.6) is 0 Å². The number of rotatable bonds is 3. The Morgan fingerprint density at radius 3 is 2.74 bits per heavy atom. The number of piperidine rings is 1. The van der Waals surface area contributed by atoms with Gasteiger partial charge in [0.05, 0.1) is 7.11 Å². The summed E-state index contributed by atoms with van der Waals surface area (Å²) in [5.74, 6) is -0.390. The van der Waals surface area contributed by atoms with E-state index in [1.54, 1.807) is 12.3 Å². The molecule has 1 fully saturated rings. The van der Waals surface area contributed by atoms with Crippen LogP contribution in [0.15, 0.2) is 18.3 Å². The van der Waals surface area contributed by atoms with Crippen molar-refractivity contribution < 1.29 is 9.53 Å². The molecule has 0 amide bonds. The third kappa shape index (κ3) is 3.04. The molecule has 0 aliphatic carbocycles. The lowest BCUT2D eigenvalue weighted by Crippen LogP contribution is -2.50. The summed E-state index contributed by atoms with van der Waals surface area (Å²) in [7, 11) is 3.38. The molecule has 5 nitrogen and oxygen atoms in total. The smallest absolute Gasteiger partial charge is 0.356 e. The van der Waals surface area contributed by atoms with Crippen LogP contribution in [0.25, 0.3) is 0 Å². The minimum absolute atomic E-state index is 0.217. The molecule has 104 valence electrons. The largest absolute Gasteiger partial charge is 0.464 e. The zero-order chi connectivity index (χ0) is 13.9. The van der Waals surface area contributed by atoms with Crippen molar-refractivity contribution in [1.29, 1.82) is 0 Å². The van der Waals surface area contributed by atoms with Gasteiger partial charge in [-0.25, -0.2) is 9.78 Å². The molecule has 1 aromatic heterocycles. The van der Waals surface area contributed by atoms with Gasteiger partial charge in [-0.15, -0.1) is 0 Å². The number of methoxy groups -OCH3 is 1. The molecular formula is C14H21N3O2. The monoisotopic (exact) mass is 263 g/mol. The molecule has 5 heteroatoms. The fraction of sp³-hybridized carbons (Fsp3) is 0.571. The fourth-order valence-corrected chi connectivity index (χ4v) is 2.34. The maximum absolute atomic E-state index is 11.5. The van der Waals surface area contributed by atoms with E-state index in [9.17, 15) is 4.79 Å². The van der Waals surface area contributed by atoms with E-state index >= 15 is 0 Å². The number of pyridine rings is 1. The van der Waals surface area contributed by atoms with Crippen molar-refractivity contribution in [1.82, 2.24) is 10.3 Å². The van der Waals surface area contributed by atoms with Crippen molar-refractivity contribution in [3.05, 3.63) is 24.0 Å². The number of nitrogens with one attached hydrogen (secondary N) is 1. The zero-order valence-electron chi connectivity index (χ0n) is 11.8. The Morgan fingerprint density at radius 1 is 1.47 bits per heavy atom. The maximum Gasteiger partial charge on any atom is 0.356 e. The average Bonchev–Trinajstić information content (AvgIpc) is 2.47. The summed E-state index contributed by atoms with van der Waals surface area (Å²) in [6, 6.07) is 3.74. The van der Waals surface area contributed by atoms with E-state index in [1.807, 2.05) is 13.1 Å². The van der Waals surface area contributed by atoms with Crippen molar-refractivity contribution in [2.45, 2.75) is 25.3 Å². The number of carbonyl (C=O) groups is 1.